The van der Waals surface area contributed by atoms with Crippen LogP contribution in [0.25, 0.3) is 11.1 Å². The normalized spacial score (nSPS) is 15.6. The summed E-state index contributed by atoms with van der Waals surface area (Å²) < 4.78 is 0. The maximum atomic E-state index is 12.5. The largest absolute Gasteiger partial charge is 0.285 e. The van der Waals surface area contributed by atoms with Crippen molar-refractivity contribution in [3.63, 3.8) is 0 Å². The van der Waals surface area contributed by atoms with Crippen LogP contribution in [0.5, 0.6) is 0 Å². The Kier molecular flexibility index (Phi) is 4.26. The number of piperidine rings is 1. The van der Waals surface area contributed by atoms with Gasteiger partial charge in [-0.3, -0.25) is 15.2 Å². The molecule has 0 unspecified atom stereocenters. The molecule has 1 aromatic heterocycles. The average Bonchev–Trinajstić information content (AvgIpc) is 2.56. The Hall–Kier alpha value is -2.20. The molecule has 0 radical (unpaired) electrons. The lowest BCUT2D eigenvalue weighted by Gasteiger charge is -2.27. The molecule has 1 fully saturated rings. The second kappa shape index (κ2) is 6.50. The summed E-state index contributed by atoms with van der Waals surface area (Å²) in [5.41, 5.74) is 5.59. The predicted molar refractivity (Wildman–Crippen MR) is 82.6 cm³/mol. The van der Waals surface area contributed by atoms with Crippen LogP contribution in [-0.2, 0) is 0 Å². The van der Waals surface area contributed by atoms with E-state index in [1.807, 2.05) is 41.4 Å². The van der Waals surface area contributed by atoms with Crippen LogP contribution in [0.4, 0.5) is 0 Å². The number of pyridine rings is 1. The summed E-state index contributed by atoms with van der Waals surface area (Å²) >= 11 is 0. The highest BCUT2D eigenvalue weighted by molar-refractivity contribution is 6.00. The van der Waals surface area contributed by atoms with Gasteiger partial charge in [-0.1, -0.05) is 30.7 Å². The van der Waals surface area contributed by atoms with E-state index in [1.165, 1.54) is 6.42 Å². The standard InChI is InChI=1S/C17H19N3O/c21-17(19-20-11-4-1-5-12-20)16-9-3-2-8-15(16)14-7-6-10-18-13-14/h2-3,6-10,13H,1,4-5,11-12H2,(H,19,21). The zero-order valence-corrected chi connectivity index (χ0v) is 12.0. The highest BCUT2D eigenvalue weighted by Crippen LogP contribution is 2.22. The van der Waals surface area contributed by atoms with Crippen LogP contribution in [0.2, 0.25) is 0 Å². The zero-order valence-electron chi connectivity index (χ0n) is 12.0. The molecule has 0 spiro atoms. The van der Waals surface area contributed by atoms with Gasteiger partial charge in [-0.2, -0.15) is 0 Å². The van der Waals surface area contributed by atoms with Crippen molar-refractivity contribution in [1.82, 2.24) is 15.4 Å². The van der Waals surface area contributed by atoms with Crippen LogP contribution < -0.4 is 5.43 Å². The number of hydrogen-bond acceptors (Lipinski definition) is 3. The Morgan fingerprint density at radius 2 is 1.86 bits per heavy atom. The van der Waals surface area contributed by atoms with Crippen LogP contribution in [0.1, 0.15) is 29.6 Å². The van der Waals surface area contributed by atoms with Gasteiger partial charge in [-0.15, -0.1) is 0 Å². The Balaban J connectivity index is 1.83. The second-order valence-electron chi connectivity index (χ2n) is 5.28. The van der Waals surface area contributed by atoms with Gasteiger partial charge in [0.25, 0.3) is 5.91 Å². The van der Waals surface area contributed by atoms with E-state index < -0.39 is 0 Å². The summed E-state index contributed by atoms with van der Waals surface area (Å²) in [6, 6.07) is 11.5. The van der Waals surface area contributed by atoms with Gasteiger partial charge in [0, 0.05) is 36.6 Å². The third-order valence-electron chi connectivity index (χ3n) is 3.76. The van der Waals surface area contributed by atoms with Crippen molar-refractivity contribution in [2.24, 2.45) is 0 Å². The summed E-state index contributed by atoms with van der Waals surface area (Å²) in [6.45, 7) is 1.86. The Morgan fingerprint density at radius 3 is 2.62 bits per heavy atom. The van der Waals surface area contributed by atoms with Crippen molar-refractivity contribution in [3.05, 3.63) is 54.4 Å². The van der Waals surface area contributed by atoms with E-state index in [9.17, 15) is 4.79 Å². The number of hydrazine groups is 1. The molecule has 3 rings (SSSR count). The third kappa shape index (κ3) is 3.28. The van der Waals surface area contributed by atoms with E-state index in [-0.39, 0.29) is 5.91 Å². The number of nitrogens with zero attached hydrogens (tertiary/aromatic N) is 2. The highest BCUT2D eigenvalue weighted by Gasteiger charge is 2.16. The Labute approximate surface area is 124 Å². The van der Waals surface area contributed by atoms with Crippen LogP contribution >= 0.6 is 0 Å². The molecule has 1 aliphatic heterocycles. The molecule has 1 aliphatic rings. The molecular formula is C17H19N3O. The number of carbonyl (C=O) groups is 1. The van der Waals surface area contributed by atoms with Crippen molar-refractivity contribution < 1.29 is 4.79 Å². The Morgan fingerprint density at radius 1 is 1.05 bits per heavy atom. The van der Waals surface area contributed by atoms with Crippen molar-refractivity contribution >= 4 is 5.91 Å². The van der Waals surface area contributed by atoms with E-state index in [4.69, 9.17) is 0 Å². The zero-order chi connectivity index (χ0) is 14.5. The first kappa shape index (κ1) is 13.8. The molecule has 1 aromatic carbocycles. The average molecular weight is 281 g/mol. The number of aromatic nitrogens is 1. The lowest BCUT2D eigenvalue weighted by atomic mass is 10.0. The Bertz CT molecular complexity index is 606. The van der Waals surface area contributed by atoms with Gasteiger partial charge in [0.05, 0.1) is 0 Å². The minimum atomic E-state index is -0.0450. The summed E-state index contributed by atoms with van der Waals surface area (Å²) in [4.78, 5) is 16.7. The molecule has 4 nitrogen and oxygen atoms in total. The minimum Gasteiger partial charge on any atom is -0.285 e. The van der Waals surface area contributed by atoms with E-state index in [0.717, 1.165) is 37.1 Å². The lowest BCUT2D eigenvalue weighted by molar-refractivity contribution is 0.0751. The molecule has 108 valence electrons. The molecule has 0 aliphatic carbocycles. The van der Waals surface area contributed by atoms with Gasteiger partial charge in [-0.05, 0) is 30.5 Å². The summed E-state index contributed by atoms with van der Waals surface area (Å²) in [5, 5.41) is 2.02. The maximum Gasteiger partial charge on any atom is 0.266 e. The number of amides is 1. The summed E-state index contributed by atoms with van der Waals surface area (Å²) in [6.07, 6.45) is 7.06. The number of benzene rings is 1. The first-order chi connectivity index (χ1) is 10.3. The fourth-order valence-corrected chi connectivity index (χ4v) is 2.66. The van der Waals surface area contributed by atoms with E-state index in [0.29, 0.717) is 5.56 Å². The van der Waals surface area contributed by atoms with Crippen LogP contribution in [0.3, 0.4) is 0 Å². The molecule has 21 heavy (non-hydrogen) atoms. The van der Waals surface area contributed by atoms with Gasteiger partial charge in [0.15, 0.2) is 0 Å². The molecule has 0 atom stereocenters. The van der Waals surface area contributed by atoms with Gasteiger partial charge >= 0.3 is 0 Å². The van der Waals surface area contributed by atoms with Crippen molar-refractivity contribution in [3.8, 4) is 11.1 Å². The molecule has 0 saturated carbocycles. The van der Waals surface area contributed by atoms with Gasteiger partial charge in [-0.25, -0.2) is 5.01 Å². The van der Waals surface area contributed by atoms with Crippen molar-refractivity contribution in [2.45, 2.75) is 19.3 Å². The van der Waals surface area contributed by atoms with Crippen LogP contribution in [0.15, 0.2) is 48.8 Å². The predicted octanol–water partition coefficient (Wildman–Crippen LogP) is 2.88. The first-order valence-corrected chi connectivity index (χ1v) is 7.40. The number of hydrogen-bond donors (Lipinski definition) is 1. The van der Waals surface area contributed by atoms with Crippen LogP contribution in [0, 0.1) is 0 Å². The molecular weight excluding hydrogens is 262 g/mol. The molecule has 1 amide bonds. The molecule has 2 aromatic rings. The van der Waals surface area contributed by atoms with E-state index >= 15 is 0 Å². The van der Waals surface area contributed by atoms with Gasteiger partial charge < -0.3 is 0 Å². The monoisotopic (exact) mass is 281 g/mol. The van der Waals surface area contributed by atoms with Crippen molar-refractivity contribution in [1.29, 1.82) is 0 Å². The number of carbonyl (C=O) groups excluding carboxylic acids is 1. The lowest BCUT2D eigenvalue weighted by Crippen LogP contribution is -2.45. The third-order valence-corrected chi connectivity index (χ3v) is 3.76. The van der Waals surface area contributed by atoms with E-state index in [1.54, 1.807) is 12.4 Å². The summed E-state index contributed by atoms with van der Waals surface area (Å²) in [5.74, 6) is -0.0450. The fraction of sp³-hybridized carbons (Fsp3) is 0.294. The summed E-state index contributed by atoms with van der Waals surface area (Å²) in [7, 11) is 0. The molecule has 0 bridgehead atoms. The van der Waals surface area contributed by atoms with Crippen molar-refractivity contribution in [2.75, 3.05) is 13.1 Å². The maximum absolute atomic E-state index is 12.5. The molecule has 1 N–H and O–H groups in total. The number of rotatable bonds is 3. The van der Waals surface area contributed by atoms with Crippen LogP contribution in [-0.4, -0.2) is 29.0 Å². The smallest absolute Gasteiger partial charge is 0.266 e. The quantitative estimate of drug-likeness (QED) is 0.941. The van der Waals surface area contributed by atoms with Gasteiger partial charge in [0.1, 0.15) is 0 Å². The minimum absolute atomic E-state index is 0.0450. The molecule has 1 saturated heterocycles. The topological polar surface area (TPSA) is 45.2 Å². The first-order valence-electron chi connectivity index (χ1n) is 7.40. The number of nitrogens with one attached hydrogen (secondary N) is 1. The highest BCUT2D eigenvalue weighted by atomic mass is 16.2. The van der Waals surface area contributed by atoms with E-state index in [2.05, 4.69) is 10.4 Å². The SMILES string of the molecule is O=C(NN1CCCCC1)c1ccccc1-c1cccnc1. The van der Waals surface area contributed by atoms with Gasteiger partial charge in [0.2, 0.25) is 0 Å². The molecule has 2 heterocycles. The molecule has 4 heteroatoms. The second-order valence-corrected chi connectivity index (χ2v) is 5.28. The fourth-order valence-electron chi connectivity index (χ4n) is 2.66.